The van der Waals surface area contributed by atoms with E-state index in [9.17, 15) is 14.7 Å². The summed E-state index contributed by atoms with van der Waals surface area (Å²) in [4.78, 5) is 29.2. The highest BCUT2D eigenvalue weighted by molar-refractivity contribution is 6.32. The number of benzene rings is 4. The topological polar surface area (TPSA) is 69.6 Å². The van der Waals surface area contributed by atoms with E-state index in [0.29, 0.717) is 34.3 Å². The van der Waals surface area contributed by atoms with E-state index in [1.54, 1.807) is 30.3 Å². The van der Waals surface area contributed by atoms with Crippen LogP contribution in [0.4, 0.5) is 11.4 Å². The van der Waals surface area contributed by atoms with Crippen LogP contribution in [-0.4, -0.2) is 29.4 Å². The second-order valence-electron chi connectivity index (χ2n) is 9.17. The van der Waals surface area contributed by atoms with Gasteiger partial charge in [-0.15, -0.1) is 0 Å². The number of aliphatic hydroxyl groups is 1. The van der Waals surface area contributed by atoms with Crippen LogP contribution in [0.2, 0.25) is 10.0 Å². The number of amides is 1. The second kappa shape index (κ2) is 10.5. The predicted molar refractivity (Wildman–Crippen MR) is 149 cm³/mol. The summed E-state index contributed by atoms with van der Waals surface area (Å²) in [5.74, 6) is -2.13. The molecule has 0 saturated carbocycles. The zero-order valence-electron chi connectivity index (χ0n) is 20.2. The van der Waals surface area contributed by atoms with E-state index >= 15 is 0 Å². The minimum absolute atomic E-state index is 0.306. The number of nitrogens with zero attached hydrogens (tertiary/aromatic N) is 1. The van der Waals surface area contributed by atoms with E-state index in [-0.39, 0.29) is 0 Å². The molecule has 3 atom stereocenters. The molecule has 3 unspecified atom stereocenters. The van der Waals surface area contributed by atoms with Crippen LogP contribution in [0.3, 0.4) is 0 Å². The number of ketones is 1. The first-order chi connectivity index (χ1) is 17.9. The standard InChI is InChI=1S/C30H26Cl2N2O3/c1-2-34-25-9-5-8-23(32)26(25)29(36)27(30(34)37)28(35)24(16-18-10-13-21(31)14-11-18)33-22-15-12-19-6-3-4-7-20(19)17-22/h3-15,17,24,27,29,33,36H,2,16H2,1H3. The van der Waals surface area contributed by atoms with E-state index in [1.807, 2.05) is 61.5 Å². The van der Waals surface area contributed by atoms with Gasteiger partial charge in [-0.05, 0) is 66.1 Å². The Morgan fingerprint density at radius 1 is 0.973 bits per heavy atom. The zero-order chi connectivity index (χ0) is 26.1. The number of hydrogen-bond donors (Lipinski definition) is 2. The van der Waals surface area contributed by atoms with Crippen molar-refractivity contribution < 1.29 is 14.7 Å². The van der Waals surface area contributed by atoms with Crippen LogP contribution >= 0.6 is 23.2 Å². The molecule has 0 spiro atoms. The zero-order valence-corrected chi connectivity index (χ0v) is 21.7. The van der Waals surface area contributed by atoms with E-state index in [2.05, 4.69) is 5.32 Å². The third-order valence-corrected chi connectivity index (χ3v) is 7.46. The Bertz CT molecular complexity index is 1470. The lowest BCUT2D eigenvalue weighted by Crippen LogP contribution is -2.51. The Morgan fingerprint density at radius 2 is 1.70 bits per heavy atom. The maximum Gasteiger partial charge on any atom is 0.240 e. The molecule has 0 radical (unpaired) electrons. The summed E-state index contributed by atoms with van der Waals surface area (Å²) < 4.78 is 0. The number of hydrogen-bond acceptors (Lipinski definition) is 4. The molecule has 0 aromatic heterocycles. The largest absolute Gasteiger partial charge is 0.387 e. The number of nitrogens with one attached hydrogen (secondary N) is 1. The van der Waals surface area contributed by atoms with Crippen molar-refractivity contribution in [2.75, 3.05) is 16.8 Å². The van der Waals surface area contributed by atoms with Crippen molar-refractivity contribution in [1.29, 1.82) is 0 Å². The second-order valence-corrected chi connectivity index (χ2v) is 10.0. The van der Waals surface area contributed by atoms with Gasteiger partial charge in [0, 0.05) is 27.8 Å². The molecule has 0 aliphatic carbocycles. The lowest BCUT2D eigenvalue weighted by molar-refractivity contribution is -0.138. The molecule has 0 saturated heterocycles. The number of aliphatic hydroxyl groups excluding tert-OH is 1. The molecule has 188 valence electrons. The normalized spacial score (nSPS) is 17.9. The van der Waals surface area contributed by atoms with Gasteiger partial charge >= 0.3 is 0 Å². The Morgan fingerprint density at radius 3 is 2.43 bits per heavy atom. The first-order valence-corrected chi connectivity index (χ1v) is 12.9. The van der Waals surface area contributed by atoms with Crippen molar-refractivity contribution in [2.24, 2.45) is 5.92 Å². The summed E-state index contributed by atoms with van der Waals surface area (Å²) in [6.45, 7) is 2.18. The van der Waals surface area contributed by atoms with Gasteiger partial charge < -0.3 is 15.3 Å². The minimum Gasteiger partial charge on any atom is -0.387 e. The van der Waals surface area contributed by atoms with Crippen molar-refractivity contribution in [2.45, 2.75) is 25.5 Å². The first-order valence-electron chi connectivity index (χ1n) is 12.2. The third kappa shape index (κ3) is 4.95. The summed E-state index contributed by atoms with van der Waals surface area (Å²) in [5.41, 5.74) is 2.56. The van der Waals surface area contributed by atoms with Crippen molar-refractivity contribution in [3.05, 3.63) is 106 Å². The highest BCUT2D eigenvalue weighted by Gasteiger charge is 2.46. The van der Waals surface area contributed by atoms with Gasteiger partial charge in [0.25, 0.3) is 0 Å². The van der Waals surface area contributed by atoms with Crippen LogP contribution in [0, 0.1) is 5.92 Å². The first kappa shape index (κ1) is 25.3. The average molecular weight is 533 g/mol. The average Bonchev–Trinajstić information content (AvgIpc) is 2.89. The molecule has 0 bridgehead atoms. The molecule has 4 aromatic carbocycles. The number of carbonyl (C=O) groups excluding carboxylic acids is 2. The fraction of sp³-hybridized carbons (Fsp3) is 0.200. The Balaban J connectivity index is 1.53. The van der Waals surface area contributed by atoms with Crippen molar-refractivity contribution in [1.82, 2.24) is 0 Å². The Hall–Kier alpha value is -3.38. The maximum absolute atomic E-state index is 14.1. The highest BCUT2D eigenvalue weighted by atomic mass is 35.5. The van der Waals surface area contributed by atoms with Gasteiger partial charge in [0.1, 0.15) is 12.0 Å². The van der Waals surface area contributed by atoms with Gasteiger partial charge in [0.15, 0.2) is 5.78 Å². The van der Waals surface area contributed by atoms with E-state index in [4.69, 9.17) is 23.2 Å². The van der Waals surface area contributed by atoms with Gasteiger partial charge in [0.2, 0.25) is 5.91 Å². The highest BCUT2D eigenvalue weighted by Crippen LogP contribution is 2.42. The molecular formula is C30H26Cl2N2O3. The monoisotopic (exact) mass is 532 g/mol. The van der Waals surface area contributed by atoms with Crippen LogP contribution < -0.4 is 10.2 Å². The summed E-state index contributed by atoms with van der Waals surface area (Å²) in [5, 5.41) is 17.7. The van der Waals surface area contributed by atoms with E-state index in [1.165, 1.54) is 4.90 Å². The molecule has 2 N–H and O–H groups in total. The quantitative estimate of drug-likeness (QED) is 0.268. The van der Waals surface area contributed by atoms with Gasteiger partial charge in [-0.1, -0.05) is 71.7 Å². The molecular weight excluding hydrogens is 507 g/mol. The van der Waals surface area contributed by atoms with E-state index < -0.39 is 29.8 Å². The van der Waals surface area contributed by atoms with Crippen molar-refractivity contribution in [3.8, 4) is 0 Å². The summed E-state index contributed by atoms with van der Waals surface area (Å²) in [7, 11) is 0. The summed E-state index contributed by atoms with van der Waals surface area (Å²) in [6.07, 6.45) is -1.04. The summed E-state index contributed by atoms with van der Waals surface area (Å²) >= 11 is 12.5. The Labute approximate surface area is 225 Å². The van der Waals surface area contributed by atoms with Crippen molar-refractivity contribution >= 4 is 57.0 Å². The predicted octanol–water partition coefficient (Wildman–Crippen LogP) is 6.46. The Kier molecular flexibility index (Phi) is 7.20. The molecule has 37 heavy (non-hydrogen) atoms. The lowest BCUT2D eigenvalue weighted by Gasteiger charge is -2.38. The number of carbonyl (C=O) groups is 2. The summed E-state index contributed by atoms with van der Waals surface area (Å²) in [6, 6.07) is 25.4. The van der Waals surface area contributed by atoms with Crippen LogP contribution in [0.15, 0.2) is 84.9 Å². The lowest BCUT2D eigenvalue weighted by atomic mass is 9.82. The molecule has 5 nitrogen and oxygen atoms in total. The molecule has 0 fully saturated rings. The molecule has 1 aliphatic rings. The molecule has 7 heteroatoms. The fourth-order valence-corrected chi connectivity index (χ4v) is 5.43. The maximum atomic E-state index is 14.1. The number of rotatable bonds is 7. The molecule has 1 amide bonds. The van der Waals surface area contributed by atoms with Gasteiger partial charge in [-0.3, -0.25) is 9.59 Å². The van der Waals surface area contributed by atoms with Gasteiger partial charge in [-0.25, -0.2) is 0 Å². The van der Waals surface area contributed by atoms with Gasteiger partial charge in [-0.2, -0.15) is 0 Å². The van der Waals surface area contributed by atoms with Crippen LogP contribution in [0.1, 0.15) is 24.2 Å². The van der Waals surface area contributed by atoms with E-state index in [0.717, 1.165) is 22.0 Å². The number of halogens is 2. The SMILES string of the molecule is CCN1C(=O)C(C(=O)C(Cc2ccc(Cl)cc2)Nc2ccc3ccccc3c2)C(O)c2c(Cl)cccc21. The minimum atomic E-state index is -1.35. The van der Waals surface area contributed by atoms with Crippen LogP contribution in [0.5, 0.6) is 0 Å². The number of fused-ring (bicyclic) bond motifs is 2. The molecule has 5 rings (SSSR count). The van der Waals surface area contributed by atoms with Crippen molar-refractivity contribution in [3.63, 3.8) is 0 Å². The molecule has 4 aromatic rings. The van der Waals surface area contributed by atoms with Crippen LogP contribution in [0.25, 0.3) is 10.8 Å². The third-order valence-electron chi connectivity index (χ3n) is 6.87. The van der Waals surface area contributed by atoms with Crippen LogP contribution in [-0.2, 0) is 16.0 Å². The molecule has 1 aliphatic heterocycles. The number of Topliss-reactive ketones (excluding diaryl/α,β-unsaturated/α-hetero) is 1. The smallest absolute Gasteiger partial charge is 0.240 e. The number of anilines is 2. The fourth-order valence-electron chi connectivity index (χ4n) is 5.02. The molecule has 1 heterocycles. The van der Waals surface area contributed by atoms with Gasteiger partial charge in [0.05, 0.1) is 11.7 Å².